The van der Waals surface area contributed by atoms with Gasteiger partial charge in [0.2, 0.25) is 0 Å². The number of nitrogens with one attached hydrogen (secondary N) is 1. The summed E-state index contributed by atoms with van der Waals surface area (Å²) in [6, 6.07) is 9.23. The number of amidine groups is 1. The molecule has 4 nitrogen and oxygen atoms in total. The molecule has 1 unspecified atom stereocenters. The van der Waals surface area contributed by atoms with E-state index in [-0.39, 0.29) is 11.9 Å². The van der Waals surface area contributed by atoms with Crippen LogP contribution in [0.3, 0.4) is 0 Å². The molecule has 0 aromatic heterocycles. The lowest BCUT2D eigenvalue weighted by Gasteiger charge is -2.18. The zero-order valence-corrected chi connectivity index (χ0v) is 10.1. The molecule has 0 saturated carbocycles. The lowest BCUT2D eigenvalue weighted by molar-refractivity contribution is 0.315. The summed E-state index contributed by atoms with van der Waals surface area (Å²) in [5.41, 5.74) is 8.36. The molecule has 0 aliphatic heterocycles. The Labute approximate surface area is 102 Å². The van der Waals surface area contributed by atoms with Gasteiger partial charge in [-0.1, -0.05) is 29.4 Å². The lowest BCUT2D eigenvalue weighted by atomic mass is 10.1. The molecular formula is C13H19N3O. The Kier molecular flexibility index (Phi) is 3.64. The molecule has 1 aliphatic carbocycles. The van der Waals surface area contributed by atoms with Crippen molar-refractivity contribution in [3.05, 3.63) is 35.4 Å². The van der Waals surface area contributed by atoms with E-state index in [9.17, 15) is 0 Å². The Morgan fingerprint density at radius 2 is 2.06 bits per heavy atom. The summed E-state index contributed by atoms with van der Waals surface area (Å²) in [7, 11) is 0. The highest BCUT2D eigenvalue weighted by Gasteiger charge is 2.22. The second-order valence-corrected chi connectivity index (χ2v) is 4.74. The first kappa shape index (κ1) is 11.9. The van der Waals surface area contributed by atoms with E-state index in [2.05, 4.69) is 41.7 Å². The fraction of sp³-hybridized carbons (Fsp3) is 0.462. The van der Waals surface area contributed by atoms with E-state index < -0.39 is 0 Å². The standard InChI is InChI=1S/C13H19N3O/c1-9(6-13(14)16-17)15-12-7-10-4-2-3-5-11(10)8-12/h2-5,9,12,15,17H,6-8H2,1H3,(H2,14,16). The van der Waals surface area contributed by atoms with E-state index in [1.54, 1.807) is 0 Å². The molecule has 1 aromatic rings. The number of nitrogens with two attached hydrogens (primary N) is 1. The molecule has 0 bridgehead atoms. The van der Waals surface area contributed by atoms with Crippen LogP contribution in [-0.2, 0) is 12.8 Å². The van der Waals surface area contributed by atoms with Crippen LogP contribution >= 0.6 is 0 Å². The van der Waals surface area contributed by atoms with Gasteiger partial charge in [-0.05, 0) is 30.9 Å². The third kappa shape index (κ3) is 2.97. The van der Waals surface area contributed by atoms with Crippen LogP contribution in [0.4, 0.5) is 0 Å². The Bertz CT molecular complexity index is 392. The van der Waals surface area contributed by atoms with Gasteiger partial charge in [-0.2, -0.15) is 0 Å². The largest absolute Gasteiger partial charge is 0.409 e. The molecule has 2 rings (SSSR count). The minimum atomic E-state index is 0.227. The summed E-state index contributed by atoms with van der Waals surface area (Å²) in [6.45, 7) is 2.06. The first-order valence-corrected chi connectivity index (χ1v) is 5.98. The first-order valence-electron chi connectivity index (χ1n) is 5.98. The monoisotopic (exact) mass is 233 g/mol. The van der Waals surface area contributed by atoms with E-state index in [0.717, 1.165) is 12.8 Å². The van der Waals surface area contributed by atoms with Gasteiger partial charge in [-0.15, -0.1) is 0 Å². The zero-order valence-electron chi connectivity index (χ0n) is 10.1. The van der Waals surface area contributed by atoms with Crippen molar-refractivity contribution >= 4 is 5.84 Å². The fourth-order valence-corrected chi connectivity index (χ4v) is 2.49. The third-order valence-electron chi connectivity index (χ3n) is 3.22. The second-order valence-electron chi connectivity index (χ2n) is 4.74. The van der Waals surface area contributed by atoms with Crippen LogP contribution in [0.1, 0.15) is 24.5 Å². The molecule has 17 heavy (non-hydrogen) atoms. The van der Waals surface area contributed by atoms with Gasteiger partial charge in [0.05, 0.1) is 0 Å². The highest BCUT2D eigenvalue weighted by atomic mass is 16.4. The van der Waals surface area contributed by atoms with E-state index in [0.29, 0.717) is 12.5 Å². The van der Waals surface area contributed by atoms with Gasteiger partial charge in [-0.25, -0.2) is 0 Å². The van der Waals surface area contributed by atoms with Crippen molar-refractivity contribution in [1.29, 1.82) is 0 Å². The molecular weight excluding hydrogens is 214 g/mol. The van der Waals surface area contributed by atoms with Crippen LogP contribution in [0.5, 0.6) is 0 Å². The van der Waals surface area contributed by atoms with Crippen LogP contribution in [0.15, 0.2) is 29.4 Å². The molecule has 4 N–H and O–H groups in total. The summed E-state index contributed by atoms with van der Waals surface area (Å²) in [6.07, 6.45) is 2.71. The fourth-order valence-electron chi connectivity index (χ4n) is 2.49. The minimum absolute atomic E-state index is 0.227. The van der Waals surface area contributed by atoms with Crippen LogP contribution < -0.4 is 11.1 Å². The molecule has 0 radical (unpaired) electrons. The normalized spacial score (nSPS) is 18.1. The van der Waals surface area contributed by atoms with Gasteiger partial charge in [0.1, 0.15) is 5.84 Å². The number of oxime groups is 1. The summed E-state index contributed by atoms with van der Waals surface area (Å²) < 4.78 is 0. The Balaban J connectivity index is 1.87. The van der Waals surface area contributed by atoms with E-state index in [1.165, 1.54) is 11.1 Å². The number of hydrogen-bond acceptors (Lipinski definition) is 3. The third-order valence-corrected chi connectivity index (χ3v) is 3.22. The molecule has 0 fully saturated rings. The SMILES string of the molecule is CC(C/C(N)=N/O)NC1Cc2ccccc2C1. The summed E-state index contributed by atoms with van der Waals surface area (Å²) in [5, 5.41) is 15.0. The Hall–Kier alpha value is -1.55. The smallest absolute Gasteiger partial charge is 0.140 e. The molecule has 0 saturated heterocycles. The maximum Gasteiger partial charge on any atom is 0.140 e. The molecule has 0 amide bonds. The van der Waals surface area contributed by atoms with Crippen LogP contribution in [-0.4, -0.2) is 23.1 Å². The topological polar surface area (TPSA) is 70.6 Å². The predicted octanol–water partition coefficient (Wildman–Crippen LogP) is 1.27. The highest BCUT2D eigenvalue weighted by molar-refractivity contribution is 5.80. The molecule has 4 heteroatoms. The van der Waals surface area contributed by atoms with Crippen molar-refractivity contribution in [3.8, 4) is 0 Å². The maximum absolute atomic E-state index is 8.52. The minimum Gasteiger partial charge on any atom is -0.409 e. The predicted molar refractivity (Wildman–Crippen MR) is 68.3 cm³/mol. The van der Waals surface area contributed by atoms with E-state index in [1.807, 2.05) is 0 Å². The van der Waals surface area contributed by atoms with Crippen LogP contribution in [0.25, 0.3) is 0 Å². The average molecular weight is 233 g/mol. The van der Waals surface area contributed by atoms with Crippen molar-refractivity contribution in [3.63, 3.8) is 0 Å². The summed E-state index contributed by atoms with van der Waals surface area (Å²) in [5.74, 6) is 0.278. The van der Waals surface area contributed by atoms with Gasteiger partial charge in [0.15, 0.2) is 0 Å². The van der Waals surface area contributed by atoms with Crippen LogP contribution in [0, 0.1) is 0 Å². The molecule has 1 aromatic carbocycles. The number of benzene rings is 1. The Morgan fingerprint density at radius 1 is 1.47 bits per heavy atom. The number of rotatable bonds is 4. The Morgan fingerprint density at radius 3 is 2.59 bits per heavy atom. The van der Waals surface area contributed by atoms with Crippen LogP contribution in [0.2, 0.25) is 0 Å². The molecule has 0 heterocycles. The summed E-state index contributed by atoms with van der Waals surface area (Å²) >= 11 is 0. The van der Waals surface area contributed by atoms with Crippen molar-refractivity contribution in [2.45, 2.75) is 38.3 Å². The second kappa shape index (κ2) is 5.19. The van der Waals surface area contributed by atoms with Crippen molar-refractivity contribution in [2.24, 2.45) is 10.9 Å². The van der Waals surface area contributed by atoms with Crippen molar-refractivity contribution < 1.29 is 5.21 Å². The average Bonchev–Trinajstić information content (AvgIpc) is 2.70. The van der Waals surface area contributed by atoms with Gasteiger partial charge in [0.25, 0.3) is 0 Å². The summed E-state index contributed by atoms with van der Waals surface area (Å²) in [4.78, 5) is 0. The van der Waals surface area contributed by atoms with Gasteiger partial charge < -0.3 is 16.3 Å². The quantitative estimate of drug-likeness (QED) is 0.317. The van der Waals surface area contributed by atoms with Gasteiger partial charge >= 0.3 is 0 Å². The number of fused-ring (bicyclic) bond motifs is 1. The first-order chi connectivity index (χ1) is 8.19. The van der Waals surface area contributed by atoms with E-state index >= 15 is 0 Å². The van der Waals surface area contributed by atoms with Gasteiger partial charge in [0, 0.05) is 18.5 Å². The lowest BCUT2D eigenvalue weighted by Crippen LogP contribution is -2.39. The highest BCUT2D eigenvalue weighted by Crippen LogP contribution is 2.22. The maximum atomic E-state index is 8.52. The number of hydrogen-bond donors (Lipinski definition) is 3. The number of nitrogens with zero attached hydrogens (tertiary/aromatic N) is 1. The molecule has 1 atom stereocenters. The van der Waals surface area contributed by atoms with E-state index in [4.69, 9.17) is 10.9 Å². The van der Waals surface area contributed by atoms with Crippen molar-refractivity contribution in [2.75, 3.05) is 0 Å². The zero-order chi connectivity index (χ0) is 12.3. The molecule has 1 aliphatic rings. The molecule has 0 spiro atoms. The van der Waals surface area contributed by atoms with Gasteiger partial charge in [-0.3, -0.25) is 0 Å². The van der Waals surface area contributed by atoms with Crippen molar-refractivity contribution in [1.82, 2.24) is 5.32 Å². The molecule has 92 valence electrons.